The second-order valence-electron chi connectivity index (χ2n) is 5.24. The zero-order chi connectivity index (χ0) is 10.7. The number of Topliss-reactive ketones (excluding diaryl/α,β-unsaturated/α-hetero) is 2. The van der Waals surface area contributed by atoms with Crippen molar-refractivity contribution in [2.75, 3.05) is 7.11 Å². The van der Waals surface area contributed by atoms with E-state index in [1.807, 2.05) is 13.8 Å². The van der Waals surface area contributed by atoms with Crippen LogP contribution >= 0.6 is 0 Å². The minimum atomic E-state index is -1.16. The Morgan fingerprint density at radius 1 is 1.21 bits per heavy atom. The number of rotatable bonds is 1. The Hall–Kier alpha value is -0.700. The molecule has 0 heterocycles. The molecule has 2 rings (SSSR count). The number of hydrogen-bond acceptors (Lipinski definition) is 3. The number of ketones is 2. The summed E-state index contributed by atoms with van der Waals surface area (Å²) in [5.41, 5.74) is -1.18. The van der Waals surface area contributed by atoms with Gasteiger partial charge in [-0.3, -0.25) is 9.59 Å². The van der Waals surface area contributed by atoms with Crippen molar-refractivity contribution in [3.05, 3.63) is 0 Å². The molecule has 0 radical (unpaired) electrons. The van der Waals surface area contributed by atoms with E-state index in [1.54, 1.807) is 6.92 Å². The molecule has 3 unspecified atom stereocenters. The Labute approximate surface area is 83.8 Å². The topological polar surface area (TPSA) is 43.4 Å². The summed E-state index contributed by atoms with van der Waals surface area (Å²) >= 11 is 0. The van der Waals surface area contributed by atoms with E-state index in [2.05, 4.69) is 0 Å². The third-order valence-electron chi connectivity index (χ3n) is 3.96. The van der Waals surface area contributed by atoms with Gasteiger partial charge in [-0.25, -0.2) is 0 Å². The first-order chi connectivity index (χ1) is 6.34. The molecule has 0 N–H and O–H groups in total. The van der Waals surface area contributed by atoms with E-state index in [0.717, 1.165) is 6.42 Å². The molecule has 2 fully saturated rings. The summed E-state index contributed by atoms with van der Waals surface area (Å²) in [5, 5.41) is 0. The molecule has 3 atom stereocenters. The molecule has 0 aromatic rings. The normalized spacial score (nSPS) is 44.9. The van der Waals surface area contributed by atoms with Crippen molar-refractivity contribution in [1.82, 2.24) is 0 Å². The van der Waals surface area contributed by atoms with Crippen LogP contribution in [0.2, 0.25) is 0 Å². The van der Waals surface area contributed by atoms with E-state index in [4.69, 9.17) is 4.74 Å². The Morgan fingerprint density at radius 3 is 2.14 bits per heavy atom. The molecule has 2 aliphatic carbocycles. The standard InChI is InChI=1S/C11H16O3/c1-10(2)5-6-7(10)9(13)11(3,14-4)8(6)12/h6-7H,5H2,1-4H3. The lowest BCUT2D eigenvalue weighted by atomic mass is 9.57. The molecule has 0 bridgehead atoms. The quantitative estimate of drug-likeness (QED) is 0.592. The lowest BCUT2D eigenvalue weighted by molar-refractivity contribution is -0.147. The summed E-state index contributed by atoms with van der Waals surface area (Å²) in [4.78, 5) is 23.9. The summed E-state index contributed by atoms with van der Waals surface area (Å²) in [6, 6.07) is 0. The molecular formula is C11H16O3. The van der Waals surface area contributed by atoms with Crippen LogP contribution in [0.15, 0.2) is 0 Å². The SMILES string of the molecule is COC1(C)C(=O)C2CC(C)(C)C2C1=O. The van der Waals surface area contributed by atoms with Gasteiger partial charge in [-0.15, -0.1) is 0 Å². The second-order valence-corrected chi connectivity index (χ2v) is 5.24. The maximum absolute atomic E-state index is 12.0. The average Bonchev–Trinajstić information content (AvgIpc) is 2.25. The Kier molecular flexibility index (Phi) is 1.72. The van der Waals surface area contributed by atoms with Crippen molar-refractivity contribution in [2.45, 2.75) is 32.8 Å². The van der Waals surface area contributed by atoms with Gasteiger partial charge in [0.1, 0.15) is 0 Å². The number of methoxy groups -OCH3 is 1. The third kappa shape index (κ3) is 0.862. The van der Waals surface area contributed by atoms with Crippen LogP contribution in [0.3, 0.4) is 0 Å². The van der Waals surface area contributed by atoms with E-state index in [0.29, 0.717) is 0 Å². The first-order valence-corrected chi connectivity index (χ1v) is 4.98. The van der Waals surface area contributed by atoms with Crippen LogP contribution in [-0.2, 0) is 14.3 Å². The number of carbonyl (C=O) groups excluding carboxylic acids is 2. The maximum atomic E-state index is 12.0. The van der Waals surface area contributed by atoms with Gasteiger partial charge in [0.15, 0.2) is 17.2 Å². The molecule has 0 aromatic heterocycles. The summed E-state index contributed by atoms with van der Waals surface area (Å²) in [6.07, 6.45) is 0.821. The van der Waals surface area contributed by atoms with Crippen LogP contribution in [0.1, 0.15) is 27.2 Å². The lowest BCUT2D eigenvalue weighted by Gasteiger charge is -2.45. The van der Waals surface area contributed by atoms with Crippen molar-refractivity contribution in [3.63, 3.8) is 0 Å². The van der Waals surface area contributed by atoms with E-state index in [1.165, 1.54) is 7.11 Å². The third-order valence-corrected chi connectivity index (χ3v) is 3.96. The predicted octanol–water partition coefficient (Wildman–Crippen LogP) is 1.21. The van der Waals surface area contributed by atoms with Crippen LogP contribution in [0.25, 0.3) is 0 Å². The molecule has 0 aromatic carbocycles. The molecule has 0 aliphatic heterocycles. The van der Waals surface area contributed by atoms with Crippen LogP contribution in [0.5, 0.6) is 0 Å². The lowest BCUT2D eigenvalue weighted by Crippen LogP contribution is -2.45. The highest BCUT2D eigenvalue weighted by atomic mass is 16.5. The molecular weight excluding hydrogens is 180 g/mol. The van der Waals surface area contributed by atoms with E-state index in [-0.39, 0.29) is 28.8 Å². The van der Waals surface area contributed by atoms with Crippen LogP contribution in [0, 0.1) is 17.3 Å². The van der Waals surface area contributed by atoms with E-state index >= 15 is 0 Å². The first kappa shape index (κ1) is 9.84. The van der Waals surface area contributed by atoms with Crippen molar-refractivity contribution in [3.8, 4) is 0 Å². The summed E-state index contributed by atoms with van der Waals surface area (Å²) in [5.74, 6) is -0.233. The minimum Gasteiger partial charge on any atom is -0.363 e. The molecule has 14 heavy (non-hydrogen) atoms. The van der Waals surface area contributed by atoms with Crippen molar-refractivity contribution >= 4 is 11.6 Å². The highest BCUT2D eigenvalue weighted by Crippen LogP contribution is 2.58. The second kappa shape index (κ2) is 2.45. The van der Waals surface area contributed by atoms with Crippen molar-refractivity contribution in [2.24, 2.45) is 17.3 Å². The van der Waals surface area contributed by atoms with Gasteiger partial charge in [0.2, 0.25) is 0 Å². The molecule has 3 nitrogen and oxygen atoms in total. The summed E-state index contributed by atoms with van der Waals surface area (Å²) in [6.45, 7) is 5.69. The zero-order valence-electron chi connectivity index (χ0n) is 9.09. The Balaban J connectivity index is 2.39. The zero-order valence-corrected chi connectivity index (χ0v) is 9.09. The van der Waals surface area contributed by atoms with Crippen molar-refractivity contribution < 1.29 is 14.3 Å². The van der Waals surface area contributed by atoms with Gasteiger partial charge in [-0.2, -0.15) is 0 Å². The average molecular weight is 196 g/mol. The number of carbonyl (C=O) groups is 2. The van der Waals surface area contributed by atoms with Gasteiger partial charge in [-0.1, -0.05) is 13.8 Å². The van der Waals surface area contributed by atoms with Crippen LogP contribution < -0.4 is 0 Å². The van der Waals surface area contributed by atoms with Gasteiger partial charge in [0, 0.05) is 18.9 Å². The fraction of sp³-hybridized carbons (Fsp3) is 0.818. The summed E-state index contributed by atoms with van der Waals surface area (Å²) < 4.78 is 5.10. The van der Waals surface area contributed by atoms with Gasteiger partial charge >= 0.3 is 0 Å². The molecule has 0 saturated heterocycles. The van der Waals surface area contributed by atoms with Gasteiger partial charge in [0.05, 0.1) is 0 Å². The largest absolute Gasteiger partial charge is 0.363 e. The van der Waals surface area contributed by atoms with E-state index in [9.17, 15) is 9.59 Å². The highest BCUT2D eigenvalue weighted by molar-refractivity contribution is 6.19. The van der Waals surface area contributed by atoms with E-state index < -0.39 is 5.60 Å². The van der Waals surface area contributed by atoms with Gasteiger partial charge in [0.25, 0.3) is 0 Å². The molecule has 3 heteroatoms. The molecule has 0 spiro atoms. The fourth-order valence-corrected chi connectivity index (χ4v) is 2.95. The summed E-state index contributed by atoms with van der Waals surface area (Å²) in [7, 11) is 1.44. The number of hydrogen-bond donors (Lipinski definition) is 0. The Morgan fingerprint density at radius 2 is 1.79 bits per heavy atom. The predicted molar refractivity (Wildman–Crippen MR) is 50.8 cm³/mol. The molecule has 78 valence electrons. The maximum Gasteiger partial charge on any atom is 0.181 e. The fourth-order valence-electron chi connectivity index (χ4n) is 2.95. The van der Waals surface area contributed by atoms with Crippen LogP contribution in [-0.4, -0.2) is 24.3 Å². The monoisotopic (exact) mass is 196 g/mol. The molecule has 0 amide bonds. The number of fused-ring (bicyclic) bond motifs is 1. The van der Waals surface area contributed by atoms with Crippen molar-refractivity contribution in [1.29, 1.82) is 0 Å². The molecule has 2 saturated carbocycles. The van der Waals surface area contributed by atoms with Crippen LogP contribution in [0.4, 0.5) is 0 Å². The number of ether oxygens (including phenoxy) is 1. The minimum absolute atomic E-state index is 0.0191. The molecule has 2 aliphatic rings. The first-order valence-electron chi connectivity index (χ1n) is 4.98. The Bertz CT molecular complexity index is 318. The highest BCUT2D eigenvalue weighted by Gasteiger charge is 2.67. The van der Waals surface area contributed by atoms with Gasteiger partial charge in [-0.05, 0) is 18.8 Å². The smallest absolute Gasteiger partial charge is 0.181 e. The van der Waals surface area contributed by atoms with Gasteiger partial charge < -0.3 is 4.74 Å².